The third kappa shape index (κ3) is 5.18. The number of carbonyl (C=O) groups is 2. The Morgan fingerprint density at radius 3 is 1.90 bits per heavy atom. The number of carbonyl (C=O) groups excluding carboxylic acids is 2. The fourth-order valence-electron chi connectivity index (χ4n) is 3.31. The lowest BCUT2D eigenvalue weighted by Gasteiger charge is -2.37. The first kappa shape index (κ1) is 21.8. The first-order valence-corrected chi connectivity index (χ1v) is 10.6. The molecule has 1 fully saturated rings. The summed E-state index contributed by atoms with van der Waals surface area (Å²) in [6.45, 7) is 6.72. The summed E-state index contributed by atoms with van der Waals surface area (Å²) in [6, 6.07) is 14.8. The molecule has 1 atom stereocenters. The number of urea groups is 1. The monoisotopic (exact) mass is 471 g/mol. The number of halogens is 1. The molecular formula is C22H26BrN5O2. The van der Waals surface area contributed by atoms with Gasteiger partial charge in [-0.05, 0) is 62.4 Å². The molecule has 0 radical (unpaired) electrons. The topological polar surface area (TPSA) is 79.7 Å². The van der Waals surface area contributed by atoms with Crippen molar-refractivity contribution in [2.24, 2.45) is 0 Å². The van der Waals surface area contributed by atoms with Gasteiger partial charge in [0, 0.05) is 42.0 Å². The van der Waals surface area contributed by atoms with Gasteiger partial charge in [-0.1, -0.05) is 15.9 Å². The molecule has 1 aliphatic heterocycles. The van der Waals surface area contributed by atoms with Crippen LogP contribution in [0.15, 0.2) is 53.0 Å². The number of hydrogen-bond acceptors (Lipinski definition) is 5. The van der Waals surface area contributed by atoms with Crippen molar-refractivity contribution in [3.05, 3.63) is 53.0 Å². The fourth-order valence-corrected chi connectivity index (χ4v) is 3.57. The van der Waals surface area contributed by atoms with Crippen LogP contribution in [0.5, 0.6) is 0 Å². The van der Waals surface area contributed by atoms with Gasteiger partial charge in [0.1, 0.15) is 0 Å². The van der Waals surface area contributed by atoms with Gasteiger partial charge in [0.2, 0.25) is 0 Å². The van der Waals surface area contributed by atoms with E-state index in [0.717, 1.165) is 42.7 Å². The molecule has 2 amide bonds. The molecule has 0 saturated carbocycles. The third-order valence-electron chi connectivity index (χ3n) is 5.26. The van der Waals surface area contributed by atoms with E-state index in [1.54, 1.807) is 6.92 Å². The van der Waals surface area contributed by atoms with Gasteiger partial charge in [-0.2, -0.15) is 0 Å². The summed E-state index contributed by atoms with van der Waals surface area (Å²) < 4.78 is 1.08. The summed E-state index contributed by atoms with van der Waals surface area (Å²) in [5, 5.41) is 10.2. The second-order valence-corrected chi connectivity index (χ2v) is 8.16. The van der Waals surface area contributed by atoms with E-state index < -0.39 is 12.1 Å². The van der Waals surface area contributed by atoms with E-state index in [0.29, 0.717) is 5.69 Å². The van der Waals surface area contributed by atoms with Crippen LogP contribution in [0.3, 0.4) is 0 Å². The molecule has 158 valence electrons. The lowest BCUT2D eigenvalue weighted by Crippen LogP contribution is -2.46. The number of nitrogens with one attached hydrogen (secondary N) is 2. The quantitative estimate of drug-likeness (QED) is 0.494. The molecule has 0 aliphatic carbocycles. The first-order chi connectivity index (χ1) is 14.4. The second-order valence-electron chi connectivity index (χ2n) is 7.25. The average molecular weight is 472 g/mol. The van der Waals surface area contributed by atoms with Gasteiger partial charge in [-0.3, -0.25) is 15.1 Å². The standard InChI is InChI=1S/C22H26BrN5O2/c1-16(17(2)29)25-22(30)28(15-24)21-9-7-20(8-10-21)27-13-11-26(12-14-27)19-5-3-18(23)4-6-19/h3-10,15-16,24H,11-14H2,1-2H3,(H,25,30). The van der Waals surface area contributed by atoms with Crippen molar-refractivity contribution in [2.75, 3.05) is 40.9 Å². The zero-order valence-corrected chi connectivity index (χ0v) is 18.7. The van der Waals surface area contributed by atoms with E-state index in [4.69, 9.17) is 5.41 Å². The Morgan fingerprint density at radius 1 is 1.00 bits per heavy atom. The number of nitrogens with zero attached hydrogens (tertiary/aromatic N) is 3. The van der Waals surface area contributed by atoms with E-state index in [-0.39, 0.29) is 5.78 Å². The highest BCUT2D eigenvalue weighted by molar-refractivity contribution is 9.10. The molecule has 30 heavy (non-hydrogen) atoms. The number of hydrogen-bond donors (Lipinski definition) is 2. The lowest BCUT2D eigenvalue weighted by atomic mass is 10.2. The fraction of sp³-hybridized carbons (Fsp3) is 0.318. The minimum absolute atomic E-state index is 0.133. The van der Waals surface area contributed by atoms with Crippen LogP contribution in [0.25, 0.3) is 0 Å². The third-order valence-corrected chi connectivity index (χ3v) is 5.79. The van der Waals surface area contributed by atoms with E-state index in [1.165, 1.54) is 17.5 Å². The Kier molecular flexibility index (Phi) is 7.10. The molecular weight excluding hydrogens is 446 g/mol. The van der Waals surface area contributed by atoms with Gasteiger partial charge in [-0.25, -0.2) is 4.79 Å². The number of ketones is 1. The molecule has 7 nitrogen and oxygen atoms in total. The second kappa shape index (κ2) is 9.75. The van der Waals surface area contributed by atoms with Crippen molar-refractivity contribution in [1.82, 2.24) is 5.32 Å². The zero-order chi connectivity index (χ0) is 21.7. The highest BCUT2D eigenvalue weighted by atomic mass is 79.9. The van der Waals surface area contributed by atoms with E-state index in [2.05, 4.69) is 55.3 Å². The smallest absolute Gasteiger partial charge is 0.327 e. The van der Waals surface area contributed by atoms with Crippen LogP contribution in [-0.4, -0.2) is 50.4 Å². The Labute approximate surface area is 185 Å². The van der Waals surface area contributed by atoms with Crippen LogP contribution < -0.4 is 20.0 Å². The molecule has 2 aromatic carbocycles. The molecule has 0 bridgehead atoms. The van der Waals surface area contributed by atoms with Gasteiger partial charge in [0.25, 0.3) is 0 Å². The van der Waals surface area contributed by atoms with Gasteiger partial charge >= 0.3 is 6.03 Å². The van der Waals surface area contributed by atoms with Crippen molar-refractivity contribution < 1.29 is 9.59 Å². The van der Waals surface area contributed by atoms with Gasteiger partial charge < -0.3 is 15.1 Å². The summed E-state index contributed by atoms with van der Waals surface area (Å²) in [7, 11) is 0. The summed E-state index contributed by atoms with van der Waals surface area (Å²) in [5.41, 5.74) is 2.88. The molecule has 1 aliphatic rings. The van der Waals surface area contributed by atoms with Crippen LogP contribution in [0.2, 0.25) is 0 Å². The number of benzene rings is 2. The van der Waals surface area contributed by atoms with Crippen LogP contribution in [0, 0.1) is 5.41 Å². The Morgan fingerprint density at radius 2 is 1.47 bits per heavy atom. The van der Waals surface area contributed by atoms with Crippen molar-refractivity contribution in [1.29, 1.82) is 5.41 Å². The first-order valence-electron chi connectivity index (χ1n) is 9.85. The predicted octanol–water partition coefficient (Wildman–Crippen LogP) is 3.88. The molecule has 0 spiro atoms. The molecule has 3 rings (SSSR count). The van der Waals surface area contributed by atoms with Crippen LogP contribution in [0.1, 0.15) is 13.8 Å². The van der Waals surface area contributed by atoms with Gasteiger partial charge in [0.05, 0.1) is 18.1 Å². The summed E-state index contributed by atoms with van der Waals surface area (Å²) in [5.74, 6) is -0.133. The molecule has 2 aromatic rings. The van der Waals surface area contributed by atoms with Crippen LogP contribution >= 0.6 is 15.9 Å². The van der Waals surface area contributed by atoms with Crippen molar-refractivity contribution >= 4 is 51.1 Å². The molecule has 0 aromatic heterocycles. The summed E-state index contributed by atoms with van der Waals surface area (Å²) >= 11 is 3.47. The number of piperazine rings is 1. The number of Topliss-reactive ketones (excluding diaryl/α,β-unsaturated/α-hetero) is 1. The summed E-state index contributed by atoms with van der Waals surface area (Å²) in [6.07, 6.45) is 0.953. The van der Waals surface area contributed by atoms with E-state index in [9.17, 15) is 9.59 Å². The van der Waals surface area contributed by atoms with Crippen LogP contribution in [-0.2, 0) is 4.79 Å². The van der Waals surface area contributed by atoms with Crippen molar-refractivity contribution in [3.8, 4) is 0 Å². The lowest BCUT2D eigenvalue weighted by molar-refractivity contribution is -0.118. The minimum atomic E-state index is -0.596. The van der Waals surface area contributed by atoms with E-state index >= 15 is 0 Å². The summed E-state index contributed by atoms with van der Waals surface area (Å²) in [4.78, 5) is 29.6. The molecule has 1 saturated heterocycles. The predicted molar refractivity (Wildman–Crippen MR) is 125 cm³/mol. The van der Waals surface area contributed by atoms with Gasteiger partial charge in [0.15, 0.2) is 5.78 Å². The average Bonchev–Trinajstić information content (AvgIpc) is 2.75. The Bertz CT molecular complexity index is 893. The molecule has 2 N–H and O–H groups in total. The maximum Gasteiger partial charge on any atom is 0.327 e. The van der Waals surface area contributed by atoms with Crippen LogP contribution in [0.4, 0.5) is 21.9 Å². The largest absolute Gasteiger partial charge is 0.368 e. The van der Waals surface area contributed by atoms with Gasteiger partial charge in [-0.15, -0.1) is 0 Å². The normalized spacial score (nSPS) is 14.8. The number of rotatable bonds is 6. The maximum absolute atomic E-state index is 12.4. The number of anilines is 3. The zero-order valence-electron chi connectivity index (χ0n) is 17.1. The maximum atomic E-state index is 12.4. The minimum Gasteiger partial charge on any atom is -0.368 e. The highest BCUT2D eigenvalue weighted by Gasteiger charge is 2.20. The molecule has 8 heteroatoms. The van der Waals surface area contributed by atoms with Crippen molar-refractivity contribution in [2.45, 2.75) is 19.9 Å². The van der Waals surface area contributed by atoms with E-state index in [1.807, 2.05) is 24.3 Å². The molecule has 1 heterocycles. The Balaban J connectivity index is 1.61. The highest BCUT2D eigenvalue weighted by Crippen LogP contribution is 2.24. The number of amides is 2. The molecule has 1 unspecified atom stereocenters. The van der Waals surface area contributed by atoms with Crippen molar-refractivity contribution in [3.63, 3.8) is 0 Å². The Hall–Kier alpha value is -2.87. The SMILES string of the molecule is CC(=O)C(C)NC(=O)N(C=N)c1ccc(N2CCN(c3ccc(Br)cc3)CC2)cc1.